The molecule has 3 heteroatoms. The molecule has 0 bridgehead atoms. The van der Waals surface area contributed by atoms with Gasteiger partial charge in [0.15, 0.2) is 0 Å². The summed E-state index contributed by atoms with van der Waals surface area (Å²) in [5.41, 5.74) is 0.204. The van der Waals surface area contributed by atoms with E-state index in [0.29, 0.717) is 5.56 Å². The van der Waals surface area contributed by atoms with E-state index in [-0.39, 0.29) is 20.9 Å². The molecule has 0 spiro atoms. The fourth-order valence-corrected chi connectivity index (χ4v) is 3.68. The zero-order valence-corrected chi connectivity index (χ0v) is 13.6. The van der Waals surface area contributed by atoms with Gasteiger partial charge in [0.05, 0.1) is 0 Å². The molecule has 0 N–H and O–H groups in total. The molecule has 0 saturated heterocycles. The fourth-order valence-electron chi connectivity index (χ4n) is 1.67. The molecule has 0 aromatic heterocycles. The average molecular weight is 333 g/mol. The number of hydrogen-bond acceptors (Lipinski definition) is 2. The van der Waals surface area contributed by atoms with Crippen molar-refractivity contribution in [2.24, 2.45) is 0 Å². The van der Waals surface area contributed by atoms with Gasteiger partial charge in [-0.15, -0.1) is 0 Å². The third-order valence-corrected chi connectivity index (χ3v) is 4.75. The van der Waals surface area contributed by atoms with Crippen molar-refractivity contribution >= 4 is 29.8 Å². The predicted molar refractivity (Wildman–Crippen MR) is 83.1 cm³/mol. The first-order valence-electron chi connectivity index (χ1n) is 6.51. The van der Waals surface area contributed by atoms with Crippen molar-refractivity contribution in [2.75, 3.05) is 0 Å². The molecule has 0 aliphatic heterocycles. The van der Waals surface area contributed by atoms with E-state index in [9.17, 15) is 4.79 Å². The van der Waals surface area contributed by atoms with Gasteiger partial charge in [0.25, 0.3) is 0 Å². The van der Waals surface area contributed by atoms with Crippen LogP contribution in [0.3, 0.4) is 0 Å². The third-order valence-electron chi connectivity index (χ3n) is 2.48. The third kappa shape index (κ3) is 4.22. The van der Waals surface area contributed by atoms with Crippen molar-refractivity contribution in [3.05, 3.63) is 60.2 Å². The van der Waals surface area contributed by atoms with Crippen LogP contribution >= 0.6 is 0 Å². The summed E-state index contributed by atoms with van der Waals surface area (Å²) in [5.74, 6) is -0.245. The monoisotopic (exact) mass is 334 g/mol. The number of benzene rings is 2. The second-order valence-corrected chi connectivity index (χ2v) is 7.75. The Bertz CT molecular complexity index is 585. The van der Waals surface area contributed by atoms with Crippen LogP contribution in [0.15, 0.2) is 54.6 Å². The zero-order valence-electron chi connectivity index (χ0n) is 11.9. The number of carbonyl (C=O) groups excluding carboxylic acids is 1. The zero-order chi connectivity index (χ0) is 14.6. The van der Waals surface area contributed by atoms with Crippen molar-refractivity contribution < 1.29 is 9.53 Å². The van der Waals surface area contributed by atoms with Crippen LogP contribution in [-0.4, -0.2) is 26.5 Å². The molecule has 2 aromatic carbocycles. The number of ether oxygens (including phenoxy) is 1. The fraction of sp³-hybridized carbons (Fsp3) is 0.235. The van der Waals surface area contributed by atoms with Crippen LogP contribution in [-0.2, 0) is 4.74 Å². The molecule has 0 unspecified atom stereocenters. The quantitative estimate of drug-likeness (QED) is 0.636. The van der Waals surface area contributed by atoms with Gasteiger partial charge in [0, 0.05) is 0 Å². The van der Waals surface area contributed by atoms with E-state index in [0.717, 1.165) is 4.46 Å². The van der Waals surface area contributed by atoms with E-state index in [1.165, 1.54) is 4.46 Å². The Labute approximate surface area is 126 Å². The molecule has 0 heterocycles. The molecule has 2 aromatic rings. The summed E-state index contributed by atoms with van der Waals surface area (Å²) in [6.45, 7) is 5.65. The number of rotatable bonds is 3. The Morgan fingerprint density at radius 3 is 2.20 bits per heavy atom. The Hall–Kier alpha value is -1.57. The van der Waals surface area contributed by atoms with Crippen LogP contribution in [0.1, 0.15) is 31.1 Å². The van der Waals surface area contributed by atoms with Crippen LogP contribution < -0.4 is 8.92 Å². The van der Waals surface area contributed by atoms with Gasteiger partial charge in [0.2, 0.25) is 0 Å². The van der Waals surface area contributed by atoms with Gasteiger partial charge in [-0.1, -0.05) is 0 Å². The Morgan fingerprint density at radius 1 is 0.950 bits per heavy atom. The maximum absolute atomic E-state index is 12.3. The van der Waals surface area contributed by atoms with Crippen molar-refractivity contribution in [1.29, 1.82) is 0 Å². The maximum atomic E-state index is 12.3. The number of hydrogen-bond donors (Lipinski definition) is 0. The van der Waals surface area contributed by atoms with Crippen molar-refractivity contribution in [3.63, 3.8) is 0 Å². The molecule has 104 valence electrons. The Balaban J connectivity index is 2.25. The summed E-state index contributed by atoms with van der Waals surface area (Å²) < 4.78 is 7.78. The van der Waals surface area contributed by atoms with E-state index in [1.54, 1.807) is 0 Å². The first-order chi connectivity index (χ1) is 9.46. The molecular formula is C17H18O2Se. The molecule has 0 aliphatic carbocycles. The van der Waals surface area contributed by atoms with Gasteiger partial charge in [-0.3, -0.25) is 0 Å². The molecule has 0 amide bonds. The summed E-state index contributed by atoms with van der Waals surface area (Å²) in [4.78, 5) is 12.3. The second-order valence-electron chi connectivity index (χ2n) is 5.41. The standard InChI is InChI=1S/C17H18O2Se/c1-17(2,3)19-16(18)14-11-7-8-12-15(14)20-13-9-5-4-6-10-13/h4-12H,1-3H3. The molecule has 2 rings (SSSR count). The summed E-state index contributed by atoms with van der Waals surface area (Å²) in [6.07, 6.45) is 0. The van der Waals surface area contributed by atoms with Crippen molar-refractivity contribution in [1.82, 2.24) is 0 Å². The molecule has 20 heavy (non-hydrogen) atoms. The predicted octanol–water partition coefficient (Wildman–Crippen LogP) is 2.30. The van der Waals surface area contributed by atoms with Gasteiger partial charge >= 0.3 is 126 Å². The summed E-state index contributed by atoms with van der Waals surface area (Å²) >= 11 is 0.106. The van der Waals surface area contributed by atoms with Gasteiger partial charge in [0.1, 0.15) is 0 Å². The van der Waals surface area contributed by atoms with Crippen molar-refractivity contribution in [3.8, 4) is 0 Å². The molecule has 0 atom stereocenters. The van der Waals surface area contributed by atoms with Gasteiger partial charge in [-0.2, -0.15) is 0 Å². The minimum absolute atomic E-state index is 0.106. The van der Waals surface area contributed by atoms with Crippen LogP contribution in [0.4, 0.5) is 0 Å². The first kappa shape index (κ1) is 14.8. The Kier molecular flexibility index (Phi) is 4.64. The van der Waals surface area contributed by atoms with E-state index in [2.05, 4.69) is 12.1 Å². The average Bonchev–Trinajstić information content (AvgIpc) is 2.38. The normalized spacial score (nSPS) is 11.2. The molecule has 0 aliphatic rings. The van der Waals surface area contributed by atoms with Crippen LogP contribution in [0, 0.1) is 0 Å². The molecule has 2 nitrogen and oxygen atoms in total. The van der Waals surface area contributed by atoms with Crippen LogP contribution in [0.25, 0.3) is 0 Å². The van der Waals surface area contributed by atoms with Gasteiger partial charge < -0.3 is 0 Å². The molecular weight excluding hydrogens is 315 g/mol. The van der Waals surface area contributed by atoms with Gasteiger partial charge in [-0.05, 0) is 0 Å². The van der Waals surface area contributed by atoms with E-state index < -0.39 is 5.60 Å². The summed E-state index contributed by atoms with van der Waals surface area (Å²) in [5, 5.41) is 0. The van der Waals surface area contributed by atoms with E-state index in [1.807, 2.05) is 63.2 Å². The summed E-state index contributed by atoms with van der Waals surface area (Å²) in [6, 6.07) is 17.9. The molecule has 0 fully saturated rings. The second kappa shape index (κ2) is 6.25. The van der Waals surface area contributed by atoms with Crippen LogP contribution in [0.2, 0.25) is 0 Å². The number of carbonyl (C=O) groups is 1. The van der Waals surface area contributed by atoms with Crippen molar-refractivity contribution in [2.45, 2.75) is 26.4 Å². The number of esters is 1. The molecule has 0 radical (unpaired) electrons. The summed E-state index contributed by atoms with van der Waals surface area (Å²) in [7, 11) is 0. The van der Waals surface area contributed by atoms with E-state index in [4.69, 9.17) is 4.74 Å². The van der Waals surface area contributed by atoms with E-state index >= 15 is 0 Å². The SMILES string of the molecule is CC(C)(C)OC(=O)c1ccccc1[Se]c1ccccc1. The minimum atomic E-state index is -0.468. The van der Waals surface area contributed by atoms with Crippen LogP contribution in [0.5, 0.6) is 0 Å². The Morgan fingerprint density at radius 2 is 1.55 bits per heavy atom. The molecule has 0 saturated carbocycles. The topological polar surface area (TPSA) is 26.3 Å². The first-order valence-corrected chi connectivity index (χ1v) is 8.22. The van der Waals surface area contributed by atoms with Gasteiger partial charge in [-0.25, -0.2) is 0 Å².